The molecule has 3 heteroatoms. The number of benzene rings is 2. The molecule has 3 nitrogen and oxygen atoms in total. The zero-order chi connectivity index (χ0) is 17.0. The first-order valence-electron chi connectivity index (χ1n) is 8.08. The summed E-state index contributed by atoms with van der Waals surface area (Å²) in [7, 11) is 0. The van der Waals surface area contributed by atoms with Gasteiger partial charge >= 0.3 is 0 Å². The molecule has 23 heavy (non-hydrogen) atoms. The van der Waals surface area contributed by atoms with Crippen molar-refractivity contribution in [1.29, 1.82) is 0 Å². The van der Waals surface area contributed by atoms with Gasteiger partial charge < -0.3 is 5.11 Å². The van der Waals surface area contributed by atoms with Gasteiger partial charge in [-0.15, -0.1) is 0 Å². The first-order chi connectivity index (χ1) is 10.6. The second-order valence-electron chi connectivity index (χ2n) is 8.29. The van der Waals surface area contributed by atoms with Crippen LogP contribution in [0.2, 0.25) is 0 Å². The normalized spacial score (nSPS) is 14.1. The average molecular weight is 309 g/mol. The third kappa shape index (κ3) is 2.65. The number of hydrogen-bond donors (Lipinski definition) is 1. The highest BCUT2D eigenvalue weighted by Crippen LogP contribution is 2.47. The number of phenolic OH excluding ortho intramolecular Hbond substituents is 1. The maximum Gasteiger partial charge on any atom is 0.280 e. The summed E-state index contributed by atoms with van der Waals surface area (Å²) < 4.78 is 1.84. The van der Waals surface area contributed by atoms with Gasteiger partial charge in [-0.1, -0.05) is 59.7 Å². The minimum atomic E-state index is -0.134. The van der Waals surface area contributed by atoms with Crippen molar-refractivity contribution in [3.05, 3.63) is 47.5 Å². The van der Waals surface area contributed by atoms with Crippen molar-refractivity contribution in [2.75, 3.05) is 0 Å². The van der Waals surface area contributed by atoms with E-state index in [2.05, 4.69) is 58.8 Å². The maximum absolute atomic E-state index is 10.9. The number of fused-ring (bicyclic) bond motifs is 1. The number of azo groups is 2. The quantitative estimate of drug-likeness (QED) is 0.556. The summed E-state index contributed by atoms with van der Waals surface area (Å²) in [6, 6.07) is 12.2. The molecule has 120 valence electrons. The van der Waals surface area contributed by atoms with Crippen LogP contribution in [0.1, 0.15) is 52.7 Å². The molecule has 0 aromatic heterocycles. The van der Waals surface area contributed by atoms with E-state index in [-0.39, 0.29) is 10.8 Å². The topological polar surface area (TPSA) is 35.6 Å². The van der Waals surface area contributed by atoms with E-state index in [0.29, 0.717) is 5.75 Å². The fourth-order valence-corrected chi connectivity index (χ4v) is 2.81. The Kier molecular flexibility index (Phi) is 3.36. The van der Waals surface area contributed by atoms with E-state index < -0.39 is 0 Å². The van der Waals surface area contributed by atoms with Gasteiger partial charge in [0.25, 0.3) is 11.4 Å². The Morgan fingerprint density at radius 1 is 0.870 bits per heavy atom. The van der Waals surface area contributed by atoms with Crippen LogP contribution in [-0.4, -0.2) is 5.11 Å². The van der Waals surface area contributed by atoms with Crippen molar-refractivity contribution < 1.29 is 5.11 Å². The highest BCUT2D eigenvalue weighted by atomic mass is 16.3. The molecule has 2 aromatic rings. The Hall–Kier alpha value is -2.16. The van der Waals surface area contributed by atoms with Crippen LogP contribution in [0.3, 0.4) is 0 Å². The first-order valence-corrected chi connectivity index (χ1v) is 8.08. The Balaban J connectivity index is 2.22. The van der Waals surface area contributed by atoms with E-state index in [9.17, 15) is 5.11 Å². The summed E-state index contributed by atoms with van der Waals surface area (Å²) in [4.78, 5) is 0. The highest BCUT2D eigenvalue weighted by molar-refractivity contribution is 5.74. The molecule has 2 aromatic carbocycles. The van der Waals surface area contributed by atoms with Crippen molar-refractivity contribution in [3.8, 4) is 5.75 Å². The Morgan fingerprint density at radius 2 is 1.52 bits per heavy atom. The van der Waals surface area contributed by atoms with Gasteiger partial charge in [-0.25, -0.2) is 0 Å². The maximum atomic E-state index is 10.9. The fraction of sp³-hybridized carbons (Fsp3) is 0.400. The van der Waals surface area contributed by atoms with E-state index in [4.69, 9.17) is 0 Å². The molecule has 1 aliphatic heterocycles. The van der Waals surface area contributed by atoms with E-state index in [1.54, 1.807) is 0 Å². The second kappa shape index (κ2) is 4.92. The van der Waals surface area contributed by atoms with Crippen molar-refractivity contribution in [2.45, 2.75) is 52.4 Å². The first kappa shape index (κ1) is 15.7. The Morgan fingerprint density at radius 3 is 2.09 bits per heavy atom. The van der Waals surface area contributed by atoms with Crippen LogP contribution in [0.5, 0.6) is 5.75 Å². The van der Waals surface area contributed by atoms with Crippen molar-refractivity contribution in [2.24, 2.45) is 5.11 Å². The number of para-hydroxylation sites is 1. The number of rotatable bonds is 1. The van der Waals surface area contributed by atoms with Gasteiger partial charge in [0.15, 0.2) is 5.75 Å². The molecule has 0 amide bonds. The van der Waals surface area contributed by atoms with E-state index in [0.717, 1.165) is 22.6 Å². The third-order valence-corrected chi connectivity index (χ3v) is 4.31. The van der Waals surface area contributed by atoms with Gasteiger partial charge in [0, 0.05) is 22.8 Å². The van der Waals surface area contributed by atoms with Gasteiger partial charge in [0.2, 0.25) is 5.69 Å². The van der Waals surface area contributed by atoms with Gasteiger partial charge in [-0.2, -0.15) is 0 Å². The summed E-state index contributed by atoms with van der Waals surface area (Å²) in [5.41, 5.74) is 4.80. The fourth-order valence-electron chi connectivity index (χ4n) is 2.81. The standard InChI is InChI=1S/C20H24N2O/c1-19(2,3)13-11-14(20(4,5)6)18(23)17(12-13)22-16-10-8-7-9-15(16)21-22/h7-12H,1-6H3/p+1. The minimum absolute atomic E-state index is 0.00678. The molecule has 0 spiro atoms. The molecule has 0 saturated carbocycles. The summed E-state index contributed by atoms with van der Waals surface area (Å²) in [6.07, 6.45) is 0. The predicted molar refractivity (Wildman–Crippen MR) is 95.5 cm³/mol. The lowest BCUT2D eigenvalue weighted by atomic mass is 9.79. The molecule has 1 N–H and O–H groups in total. The SMILES string of the molecule is CC(C)(C)c1cc([N+]2=Nc3ccccc32)c(O)c(C(C)(C)C)c1. The van der Waals surface area contributed by atoms with E-state index >= 15 is 0 Å². The molecule has 0 bridgehead atoms. The zero-order valence-corrected chi connectivity index (χ0v) is 14.8. The highest BCUT2D eigenvalue weighted by Gasteiger charge is 2.36. The lowest BCUT2D eigenvalue weighted by Crippen LogP contribution is -2.19. The molecular weight excluding hydrogens is 284 g/mol. The van der Waals surface area contributed by atoms with Crippen molar-refractivity contribution >= 4 is 17.1 Å². The lowest BCUT2D eigenvalue weighted by Gasteiger charge is -2.26. The number of phenols is 1. The van der Waals surface area contributed by atoms with Crippen LogP contribution in [0, 0.1) is 0 Å². The van der Waals surface area contributed by atoms with Gasteiger partial charge in [0.05, 0.1) is 0 Å². The molecule has 0 saturated heterocycles. The summed E-state index contributed by atoms with van der Waals surface area (Å²) in [5.74, 6) is 0.323. The van der Waals surface area contributed by atoms with Crippen molar-refractivity contribution in [1.82, 2.24) is 4.70 Å². The zero-order valence-electron chi connectivity index (χ0n) is 14.8. The van der Waals surface area contributed by atoms with Crippen LogP contribution >= 0.6 is 0 Å². The molecule has 0 atom stereocenters. The van der Waals surface area contributed by atoms with Gasteiger partial charge in [-0.3, -0.25) is 0 Å². The smallest absolute Gasteiger partial charge is 0.280 e. The molecule has 1 aliphatic rings. The van der Waals surface area contributed by atoms with Crippen LogP contribution in [0.15, 0.2) is 41.5 Å². The molecule has 0 radical (unpaired) electrons. The summed E-state index contributed by atoms with van der Waals surface area (Å²) in [5, 5.41) is 15.4. The largest absolute Gasteiger partial charge is 0.502 e. The lowest BCUT2D eigenvalue weighted by molar-refractivity contribution is 0.441. The van der Waals surface area contributed by atoms with Crippen LogP contribution in [-0.2, 0) is 10.8 Å². The van der Waals surface area contributed by atoms with Crippen LogP contribution in [0.25, 0.3) is 0 Å². The molecule has 0 aliphatic carbocycles. The van der Waals surface area contributed by atoms with E-state index in [1.165, 1.54) is 5.56 Å². The van der Waals surface area contributed by atoms with E-state index in [1.807, 2.05) is 29.0 Å². The van der Waals surface area contributed by atoms with Crippen molar-refractivity contribution in [3.63, 3.8) is 0 Å². The van der Waals surface area contributed by atoms with Crippen LogP contribution < -0.4 is 4.70 Å². The van der Waals surface area contributed by atoms with Gasteiger partial charge in [0.1, 0.15) is 0 Å². The number of nitrogens with zero attached hydrogens (tertiary/aromatic N) is 2. The van der Waals surface area contributed by atoms with Gasteiger partial charge in [-0.05, 0) is 27.2 Å². The summed E-state index contributed by atoms with van der Waals surface area (Å²) in [6.45, 7) is 12.9. The molecule has 0 unspecified atom stereocenters. The Labute approximate surface area is 138 Å². The van der Waals surface area contributed by atoms with Crippen LogP contribution in [0.4, 0.5) is 17.1 Å². The summed E-state index contributed by atoms with van der Waals surface area (Å²) >= 11 is 0. The third-order valence-electron chi connectivity index (χ3n) is 4.31. The molecule has 3 rings (SSSR count). The Bertz CT molecular complexity index is 805. The second-order valence-corrected chi connectivity index (χ2v) is 8.29. The molecule has 1 heterocycles. The minimum Gasteiger partial charge on any atom is -0.502 e. The molecule has 0 fully saturated rings. The number of hydrogen-bond acceptors (Lipinski definition) is 2. The predicted octanol–water partition coefficient (Wildman–Crippen LogP) is 5.92. The monoisotopic (exact) mass is 309 g/mol. The molecular formula is C20H25N2O+. The average Bonchev–Trinajstić information content (AvgIpc) is 2.39. The number of aromatic hydroxyl groups is 1.